The van der Waals surface area contributed by atoms with Crippen molar-refractivity contribution in [2.24, 2.45) is 11.7 Å². The van der Waals surface area contributed by atoms with Crippen LogP contribution in [0.25, 0.3) is 0 Å². The minimum absolute atomic E-state index is 0. The Hall–Kier alpha value is -0.450. The largest absolute Gasteiger partial charge is 0.324 e. The van der Waals surface area contributed by atoms with Crippen LogP contribution in [-0.2, 0) is 0 Å². The van der Waals surface area contributed by atoms with Crippen LogP contribution >= 0.6 is 24.8 Å². The molecule has 2 N–H and O–H groups in total. The fraction of sp³-hybridized carbons (Fsp3) is 0.444. The van der Waals surface area contributed by atoms with E-state index in [4.69, 9.17) is 5.73 Å². The molecule has 0 fully saturated rings. The molecule has 1 heterocycles. The fourth-order valence-corrected chi connectivity index (χ4v) is 1.07. The number of rotatable bonds is 2. The lowest BCUT2D eigenvalue weighted by Gasteiger charge is -2.16. The molecule has 0 aliphatic carbocycles. The Bertz CT molecular complexity index is 288. The van der Waals surface area contributed by atoms with Crippen molar-refractivity contribution < 1.29 is 8.78 Å². The van der Waals surface area contributed by atoms with E-state index in [-0.39, 0.29) is 36.3 Å². The number of pyridine rings is 1. The summed E-state index contributed by atoms with van der Waals surface area (Å²) in [4.78, 5) is 3.38. The second-order valence-corrected chi connectivity index (χ2v) is 3.29. The zero-order valence-corrected chi connectivity index (χ0v) is 10.0. The van der Waals surface area contributed by atoms with E-state index in [2.05, 4.69) is 4.98 Å². The molecule has 0 spiro atoms. The second-order valence-electron chi connectivity index (χ2n) is 3.29. The van der Waals surface area contributed by atoms with Gasteiger partial charge in [-0.3, -0.25) is 4.98 Å². The molecular weight excluding hydrogens is 245 g/mol. The summed E-state index contributed by atoms with van der Waals surface area (Å²) in [5.74, 6) is -1.37. The van der Waals surface area contributed by atoms with Gasteiger partial charge < -0.3 is 5.73 Å². The first kappa shape index (κ1) is 17.0. The molecule has 0 aliphatic heterocycles. The van der Waals surface area contributed by atoms with Crippen LogP contribution in [0.4, 0.5) is 8.78 Å². The van der Waals surface area contributed by atoms with Gasteiger partial charge in [-0.1, -0.05) is 13.8 Å². The summed E-state index contributed by atoms with van der Waals surface area (Å²) in [6.07, 6.45) is 1.95. The summed E-state index contributed by atoms with van der Waals surface area (Å²) in [5.41, 5.74) is 5.55. The molecular formula is C9H14Cl2F2N2. The zero-order chi connectivity index (χ0) is 10.0. The zero-order valence-electron chi connectivity index (χ0n) is 8.41. The first-order valence-corrected chi connectivity index (χ1v) is 4.08. The van der Waals surface area contributed by atoms with Crippen LogP contribution in [0.2, 0.25) is 0 Å². The van der Waals surface area contributed by atoms with Crippen LogP contribution in [0.15, 0.2) is 12.4 Å². The average molecular weight is 259 g/mol. The maximum Gasteiger partial charge on any atom is 0.149 e. The molecule has 0 radical (unpaired) electrons. The minimum Gasteiger partial charge on any atom is -0.324 e. The van der Waals surface area contributed by atoms with Crippen molar-refractivity contribution in [3.63, 3.8) is 0 Å². The van der Waals surface area contributed by atoms with Crippen molar-refractivity contribution in [3.8, 4) is 0 Å². The van der Waals surface area contributed by atoms with E-state index in [1.165, 1.54) is 0 Å². The van der Waals surface area contributed by atoms with Crippen LogP contribution in [0.3, 0.4) is 0 Å². The van der Waals surface area contributed by atoms with Crippen molar-refractivity contribution in [3.05, 3.63) is 29.6 Å². The summed E-state index contributed by atoms with van der Waals surface area (Å²) >= 11 is 0. The van der Waals surface area contributed by atoms with Crippen molar-refractivity contribution in [2.45, 2.75) is 19.9 Å². The first-order valence-electron chi connectivity index (χ1n) is 4.08. The third-order valence-electron chi connectivity index (χ3n) is 1.94. The monoisotopic (exact) mass is 258 g/mol. The molecule has 0 aliphatic rings. The Kier molecular flexibility index (Phi) is 7.83. The molecule has 0 bridgehead atoms. The third-order valence-corrected chi connectivity index (χ3v) is 1.94. The lowest BCUT2D eigenvalue weighted by atomic mass is 9.97. The van der Waals surface area contributed by atoms with E-state index >= 15 is 0 Å². The number of nitrogens with two attached hydrogens (primary N) is 1. The molecule has 0 aromatic carbocycles. The molecule has 6 heteroatoms. The van der Waals surface area contributed by atoms with Gasteiger partial charge in [-0.25, -0.2) is 8.78 Å². The topological polar surface area (TPSA) is 38.9 Å². The number of hydrogen-bond acceptors (Lipinski definition) is 2. The van der Waals surface area contributed by atoms with Crippen molar-refractivity contribution >= 4 is 24.8 Å². The molecule has 0 unspecified atom stereocenters. The van der Waals surface area contributed by atoms with Gasteiger partial charge in [0.15, 0.2) is 0 Å². The average Bonchev–Trinajstić information content (AvgIpc) is 2.03. The molecule has 15 heavy (non-hydrogen) atoms. The summed E-state index contributed by atoms with van der Waals surface area (Å²) in [7, 11) is 0. The Morgan fingerprint density at radius 3 is 1.87 bits per heavy atom. The molecule has 0 saturated heterocycles. The van der Waals surface area contributed by atoms with Gasteiger partial charge in [0.1, 0.15) is 11.6 Å². The maximum atomic E-state index is 13.1. The Balaban J connectivity index is 0. The molecule has 1 aromatic heterocycles. The highest BCUT2D eigenvalue weighted by molar-refractivity contribution is 5.85. The molecule has 0 saturated carbocycles. The Morgan fingerprint density at radius 1 is 1.13 bits per heavy atom. The predicted octanol–water partition coefficient (Wildman–Crippen LogP) is 2.86. The number of nitrogens with zero attached hydrogens (tertiary/aromatic N) is 1. The number of halogens is 4. The maximum absolute atomic E-state index is 13.1. The second kappa shape index (κ2) is 6.93. The van der Waals surface area contributed by atoms with E-state index in [0.717, 1.165) is 12.4 Å². The normalized spacial score (nSPS) is 11.6. The fourth-order valence-electron chi connectivity index (χ4n) is 1.07. The van der Waals surface area contributed by atoms with Crippen molar-refractivity contribution in [1.29, 1.82) is 0 Å². The third kappa shape index (κ3) is 3.89. The lowest BCUT2D eigenvalue weighted by Crippen LogP contribution is -2.20. The van der Waals surface area contributed by atoms with E-state index in [0.29, 0.717) is 0 Å². The number of aromatic nitrogens is 1. The van der Waals surface area contributed by atoms with Crippen LogP contribution in [0, 0.1) is 17.6 Å². The summed E-state index contributed by atoms with van der Waals surface area (Å²) in [5, 5.41) is 0. The Labute approximate surface area is 100 Å². The predicted molar refractivity (Wildman–Crippen MR) is 60.4 cm³/mol. The van der Waals surface area contributed by atoms with Crippen molar-refractivity contribution in [2.75, 3.05) is 0 Å². The molecule has 1 aromatic rings. The molecule has 88 valence electrons. The van der Waals surface area contributed by atoms with Crippen molar-refractivity contribution in [1.82, 2.24) is 4.98 Å². The van der Waals surface area contributed by atoms with Gasteiger partial charge in [-0.2, -0.15) is 0 Å². The highest BCUT2D eigenvalue weighted by Gasteiger charge is 2.19. The van der Waals surface area contributed by atoms with E-state index < -0.39 is 17.7 Å². The summed E-state index contributed by atoms with van der Waals surface area (Å²) in [6.45, 7) is 3.62. The van der Waals surface area contributed by atoms with Gasteiger partial charge in [-0.15, -0.1) is 24.8 Å². The summed E-state index contributed by atoms with van der Waals surface area (Å²) < 4.78 is 26.2. The van der Waals surface area contributed by atoms with Gasteiger partial charge >= 0.3 is 0 Å². The first-order chi connectivity index (χ1) is 6.04. The SMILES string of the molecule is CC(C)[C@@H](N)c1c(F)cncc1F.Cl.Cl. The highest BCUT2D eigenvalue weighted by Crippen LogP contribution is 2.23. The van der Waals surface area contributed by atoms with Crippen LogP contribution in [-0.4, -0.2) is 4.98 Å². The van der Waals surface area contributed by atoms with Crippen LogP contribution in [0.5, 0.6) is 0 Å². The lowest BCUT2D eigenvalue weighted by molar-refractivity contribution is 0.451. The Morgan fingerprint density at radius 2 is 1.53 bits per heavy atom. The highest BCUT2D eigenvalue weighted by atomic mass is 35.5. The smallest absolute Gasteiger partial charge is 0.149 e. The quantitative estimate of drug-likeness (QED) is 0.886. The summed E-state index contributed by atoms with van der Waals surface area (Å²) in [6, 6.07) is -0.622. The van der Waals surface area contributed by atoms with Gasteiger partial charge in [0.2, 0.25) is 0 Å². The standard InChI is InChI=1S/C9H12F2N2.2ClH/c1-5(2)9(12)8-6(10)3-13-4-7(8)11;;/h3-5,9H,12H2,1-2H3;2*1H/t9-;;/m1../s1. The molecule has 2 nitrogen and oxygen atoms in total. The molecule has 1 atom stereocenters. The molecule has 1 rings (SSSR count). The van der Waals surface area contributed by atoms with Crippen LogP contribution in [0.1, 0.15) is 25.5 Å². The van der Waals surface area contributed by atoms with Gasteiger partial charge in [0.25, 0.3) is 0 Å². The number of hydrogen-bond donors (Lipinski definition) is 1. The van der Waals surface area contributed by atoms with E-state index in [9.17, 15) is 8.78 Å². The van der Waals surface area contributed by atoms with Gasteiger partial charge in [0, 0.05) is 11.6 Å². The minimum atomic E-state index is -0.679. The van der Waals surface area contributed by atoms with Crippen LogP contribution < -0.4 is 5.73 Å². The van der Waals surface area contributed by atoms with E-state index in [1.54, 1.807) is 0 Å². The molecule has 0 amide bonds. The van der Waals surface area contributed by atoms with Gasteiger partial charge in [-0.05, 0) is 5.92 Å². The van der Waals surface area contributed by atoms with Gasteiger partial charge in [0.05, 0.1) is 12.4 Å². The van der Waals surface area contributed by atoms with E-state index in [1.807, 2.05) is 13.8 Å².